The van der Waals surface area contributed by atoms with Crippen LogP contribution < -0.4 is 15.6 Å². The zero-order valence-corrected chi connectivity index (χ0v) is 16.6. The molecular weight excluding hydrogens is 399 g/mol. The Hall–Kier alpha value is -4.00. The predicted molar refractivity (Wildman–Crippen MR) is 113 cm³/mol. The maximum absolute atomic E-state index is 12.9. The number of ether oxygens (including phenoxy) is 1. The first-order chi connectivity index (χ1) is 15.0. The second kappa shape index (κ2) is 10.7. The van der Waals surface area contributed by atoms with Crippen LogP contribution in [-0.4, -0.2) is 17.6 Å². The number of hydrogen-bond donors (Lipinski definition) is 2. The lowest BCUT2D eigenvalue weighted by molar-refractivity contribution is -0.121. The highest BCUT2D eigenvalue weighted by atomic mass is 19.1. The van der Waals surface area contributed by atoms with Crippen LogP contribution in [0.25, 0.3) is 0 Å². The summed E-state index contributed by atoms with van der Waals surface area (Å²) in [5.41, 5.74) is 6.19. The van der Waals surface area contributed by atoms with E-state index in [1.54, 1.807) is 24.3 Å². The molecule has 31 heavy (non-hydrogen) atoms. The Kier molecular flexibility index (Phi) is 7.48. The number of carbonyl (C=O) groups is 3. The topological polar surface area (TPSA) is 84.5 Å². The molecule has 0 fully saturated rings. The van der Waals surface area contributed by atoms with E-state index in [1.807, 2.05) is 30.3 Å². The summed E-state index contributed by atoms with van der Waals surface area (Å²) in [6, 6.07) is 21.3. The molecule has 2 N–H and O–H groups in total. The Morgan fingerprint density at radius 3 is 2.06 bits per heavy atom. The summed E-state index contributed by atoms with van der Waals surface area (Å²) in [4.78, 5) is 36.1. The molecule has 3 aromatic carbocycles. The molecule has 0 unspecified atom stereocenters. The lowest BCUT2D eigenvalue weighted by atomic mass is 10.1. The van der Waals surface area contributed by atoms with Crippen molar-refractivity contribution in [3.05, 3.63) is 101 Å². The van der Waals surface area contributed by atoms with Crippen LogP contribution in [0.3, 0.4) is 0 Å². The van der Waals surface area contributed by atoms with Crippen LogP contribution in [0.2, 0.25) is 0 Å². The Balaban J connectivity index is 1.40. The summed E-state index contributed by atoms with van der Waals surface area (Å²) >= 11 is 0. The zero-order valence-electron chi connectivity index (χ0n) is 16.6. The minimum absolute atomic E-state index is 0.0521. The van der Waals surface area contributed by atoms with Crippen molar-refractivity contribution in [1.29, 1.82) is 0 Å². The summed E-state index contributed by atoms with van der Waals surface area (Å²) in [6.45, 7) is 0.366. The number of Topliss-reactive ketones (excluding diaryl/α,β-unsaturated/α-hetero) is 1. The van der Waals surface area contributed by atoms with Gasteiger partial charge in [0.25, 0.3) is 5.91 Å². The van der Waals surface area contributed by atoms with E-state index in [0.29, 0.717) is 17.7 Å². The number of para-hydroxylation sites is 1. The van der Waals surface area contributed by atoms with Crippen molar-refractivity contribution in [2.45, 2.75) is 19.4 Å². The van der Waals surface area contributed by atoms with E-state index in [9.17, 15) is 18.8 Å². The van der Waals surface area contributed by atoms with E-state index in [2.05, 4.69) is 10.9 Å². The number of hydrogen-bond acceptors (Lipinski definition) is 4. The second-order valence-corrected chi connectivity index (χ2v) is 6.73. The third-order valence-electron chi connectivity index (χ3n) is 4.43. The summed E-state index contributed by atoms with van der Waals surface area (Å²) in [7, 11) is 0. The number of halogens is 1. The van der Waals surface area contributed by atoms with E-state index in [0.717, 1.165) is 11.3 Å². The van der Waals surface area contributed by atoms with Crippen molar-refractivity contribution in [2.75, 3.05) is 0 Å². The molecule has 0 spiro atoms. The fourth-order valence-corrected chi connectivity index (χ4v) is 2.70. The van der Waals surface area contributed by atoms with Crippen LogP contribution in [0.1, 0.15) is 39.1 Å². The quantitative estimate of drug-likeness (QED) is 0.429. The van der Waals surface area contributed by atoms with Crippen molar-refractivity contribution in [1.82, 2.24) is 10.9 Å². The number of ketones is 1. The highest BCUT2D eigenvalue weighted by Crippen LogP contribution is 2.12. The van der Waals surface area contributed by atoms with Gasteiger partial charge in [0.05, 0.1) is 0 Å². The maximum atomic E-state index is 12.9. The molecule has 0 saturated heterocycles. The largest absolute Gasteiger partial charge is 0.489 e. The third-order valence-corrected chi connectivity index (χ3v) is 4.43. The fourth-order valence-electron chi connectivity index (χ4n) is 2.70. The first-order valence-electron chi connectivity index (χ1n) is 9.66. The van der Waals surface area contributed by atoms with E-state index >= 15 is 0 Å². The number of benzene rings is 3. The average Bonchev–Trinajstić information content (AvgIpc) is 2.81. The number of hydrazine groups is 1. The smallest absolute Gasteiger partial charge is 0.269 e. The molecule has 0 aromatic heterocycles. The first kappa shape index (κ1) is 21.7. The van der Waals surface area contributed by atoms with Gasteiger partial charge in [-0.2, -0.15) is 0 Å². The number of rotatable bonds is 8. The minimum atomic E-state index is -0.503. The summed E-state index contributed by atoms with van der Waals surface area (Å²) < 4.78 is 18.5. The van der Waals surface area contributed by atoms with Crippen LogP contribution in [0.15, 0.2) is 78.9 Å². The predicted octanol–water partition coefficient (Wildman–Crippen LogP) is 3.83. The van der Waals surface area contributed by atoms with E-state index in [1.165, 1.54) is 24.3 Å². The molecule has 0 aliphatic rings. The molecule has 3 aromatic rings. The van der Waals surface area contributed by atoms with Crippen LogP contribution in [-0.2, 0) is 11.4 Å². The fraction of sp³-hybridized carbons (Fsp3) is 0.125. The van der Waals surface area contributed by atoms with Crippen LogP contribution in [0, 0.1) is 5.82 Å². The molecule has 7 heteroatoms. The normalized spacial score (nSPS) is 10.2. The van der Waals surface area contributed by atoms with Gasteiger partial charge in [0.2, 0.25) is 5.91 Å². The second-order valence-electron chi connectivity index (χ2n) is 6.73. The molecule has 2 amide bonds. The number of amides is 2. The molecule has 158 valence electrons. The molecule has 0 radical (unpaired) electrons. The van der Waals surface area contributed by atoms with E-state index in [4.69, 9.17) is 4.74 Å². The van der Waals surface area contributed by atoms with Gasteiger partial charge in [-0.3, -0.25) is 25.2 Å². The van der Waals surface area contributed by atoms with Crippen molar-refractivity contribution in [3.63, 3.8) is 0 Å². The third kappa shape index (κ3) is 6.78. The van der Waals surface area contributed by atoms with Gasteiger partial charge in [-0.05, 0) is 54.1 Å². The van der Waals surface area contributed by atoms with Crippen LogP contribution in [0.4, 0.5) is 4.39 Å². The van der Waals surface area contributed by atoms with E-state index < -0.39 is 17.6 Å². The highest BCUT2D eigenvalue weighted by molar-refractivity contribution is 5.98. The van der Waals surface area contributed by atoms with Gasteiger partial charge in [-0.1, -0.05) is 30.3 Å². The van der Waals surface area contributed by atoms with Gasteiger partial charge in [0.1, 0.15) is 18.2 Å². The van der Waals surface area contributed by atoms with Gasteiger partial charge in [0.15, 0.2) is 5.78 Å². The average molecular weight is 420 g/mol. The van der Waals surface area contributed by atoms with Crippen molar-refractivity contribution in [2.24, 2.45) is 0 Å². The Bertz CT molecular complexity index is 1040. The minimum Gasteiger partial charge on any atom is -0.489 e. The Morgan fingerprint density at radius 1 is 0.742 bits per heavy atom. The van der Waals surface area contributed by atoms with Crippen LogP contribution in [0.5, 0.6) is 5.75 Å². The highest BCUT2D eigenvalue weighted by Gasteiger charge is 2.11. The van der Waals surface area contributed by atoms with Crippen molar-refractivity contribution in [3.8, 4) is 5.75 Å². The van der Waals surface area contributed by atoms with Gasteiger partial charge < -0.3 is 4.74 Å². The standard InChI is InChI=1S/C24H21FN2O4/c25-20-12-10-18(11-13-20)22(28)14-15-23(29)26-27-24(30)19-8-6-17(7-9-19)16-31-21-4-2-1-3-5-21/h1-13H,14-16H2,(H,26,29)(H,27,30). The maximum Gasteiger partial charge on any atom is 0.269 e. The molecule has 3 rings (SSSR count). The molecular formula is C24H21FN2O4. The zero-order chi connectivity index (χ0) is 22.1. The molecule has 0 aliphatic heterocycles. The Labute approximate surface area is 179 Å². The lowest BCUT2D eigenvalue weighted by Gasteiger charge is -2.09. The molecule has 0 heterocycles. The van der Waals surface area contributed by atoms with Crippen molar-refractivity contribution < 1.29 is 23.5 Å². The SMILES string of the molecule is O=C(CCC(=O)c1ccc(F)cc1)NNC(=O)c1ccc(COc2ccccc2)cc1. The first-order valence-corrected chi connectivity index (χ1v) is 9.66. The summed E-state index contributed by atoms with van der Waals surface area (Å²) in [5.74, 6) is -0.945. The van der Waals surface area contributed by atoms with Crippen molar-refractivity contribution >= 4 is 17.6 Å². The number of nitrogens with one attached hydrogen (secondary N) is 2. The molecule has 0 saturated carbocycles. The lowest BCUT2D eigenvalue weighted by Crippen LogP contribution is -2.41. The van der Waals surface area contributed by atoms with Gasteiger partial charge in [-0.15, -0.1) is 0 Å². The molecule has 6 nitrogen and oxygen atoms in total. The molecule has 0 bridgehead atoms. The van der Waals surface area contributed by atoms with E-state index in [-0.39, 0.29) is 18.6 Å². The van der Waals surface area contributed by atoms with Gasteiger partial charge in [0, 0.05) is 24.0 Å². The summed E-state index contributed by atoms with van der Waals surface area (Å²) in [6.07, 6.45) is -0.157. The molecule has 0 aliphatic carbocycles. The molecule has 0 atom stereocenters. The van der Waals surface area contributed by atoms with Gasteiger partial charge in [-0.25, -0.2) is 4.39 Å². The monoisotopic (exact) mass is 420 g/mol. The Morgan fingerprint density at radius 2 is 1.39 bits per heavy atom. The van der Waals surface area contributed by atoms with Crippen LogP contribution >= 0.6 is 0 Å². The summed E-state index contributed by atoms with van der Waals surface area (Å²) in [5, 5.41) is 0. The number of carbonyl (C=O) groups excluding carboxylic acids is 3. The van der Waals surface area contributed by atoms with Gasteiger partial charge >= 0.3 is 0 Å².